The Balaban J connectivity index is 1.66. The van der Waals surface area contributed by atoms with E-state index in [0.29, 0.717) is 29.0 Å². The Kier molecular flexibility index (Phi) is 4.14. The predicted octanol–water partition coefficient (Wildman–Crippen LogP) is 3.58. The van der Waals surface area contributed by atoms with Gasteiger partial charge < -0.3 is 15.6 Å². The Hall–Kier alpha value is -2.22. The van der Waals surface area contributed by atoms with E-state index in [0.717, 1.165) is 18.5 Å². The van der Waals surface area contributed by atoms with E-state index in [1.165, 1.54) is 12.3 Å². The number of fused-ring (bicyclic) bond motifs is 1. The highest BCUT2D eigenvalue weighted by atomic mass is 19.3. The molecule has 2 aromatic heterocycles. The monoisotopic (exact) mass is 378 g/mol. The van der Waals surface area contributed by atoms with Crippen molar-refractivity contribution >= 4 is 5.82 Å². The van der Waals surface area contributed by atoms with Crippen LogP contribution in [0.2, 0.25) is 0 Å². The second-order valence-corrected chi connectivity index (χ2v) is 8.24. The largest absolute Gasteiger partial charge is 0.431 e. The fraction of sp³-hybridized carbons (Fsp3) is 0.579. The van der Waals surface area contributed by atoms with Gasteiger partial charge in [0.25, 0.3) is 0 Å². The number of alkyl halides is 2. The Morgan fingerprint density at radius 3 is 2.56 bits per heavy atom. The number of aliphatic hydroxyl groups is 1. The fourth-order valence-corrected chi connectivity index (χ4v) is 4.54. The average Bonchev–Trinajstić information content (AvgIpc) is 2.94. The molecular formula is C19H24F2N4O2. The van der Waals surface area contributed by atoms with Gasteiger partial charge in [0.15, 0.2) is 11.6 Å². The zero-order valence-electron chi connectivity index (χ0n) is 15.6. The molecule has 0 aliphatic heterocycles. The normalized spacial score (nSPS) is 29.4. The Morgan fingerprint density at radius 1 is 1.30 bits per heavy atom. The van der Waals surface area contributed by atoms with E-state index in [9.17, 15) is 13.9 Å². The smallest absolute Gasteiger partial charge is 0.387 e. The molecule has 2 aliphatic rings. The molecule has 2 saturated carbocycles. The standard InChI is InChI=1S/C19H24F2N4O2/c1-9(2)25-14(16-11-6-19(3,26)7-12(11)16)5-13(24-25)10-4-15(27-18(20)21)17(22)23-8-10/h4-5,8-9,11-12,16,18,26H,6-7H2,1-3H3,(H2,22,23)/t11-,12+,16+,19?. The molecule has 2 aromatic rings. The third-order valence-electron chi connectivity index (χ3n) is 5.67. The third-order valence-corrected chi connectivity index (χ3v) is 5.67. The van der Waals surface area contributed by atoms with Crippen LogP contribution in [0, 0.1) is 11.8 Å². The van der Waals surface area contributed by atoms with Gasteiger partial charge in [-0.05, 0) is 57.6 Å². The van der Waals surface area contributed by atoms with Crippen LogP contribution in [0.5, 0.6) is 5.75 Å². The maximum Gasteiger partial charge on any atom is 0.387 e. The van der Waals surface area contributed by atoms with Crippen molar-refractivity contribution in [2.24, 2.45) is 11.8 Å². The van der Waals surface area contributed by atoms with E-state index in [4.69, 9.17) is 5.73 Å². The topological polar surface area (TPSA) is 86.2 Å². The number of nitrogens with zero attached hydrogens (tertiary/aromatic N) is 3. The van der Waals surface area contributed by atoms with Crippen LogP contribution in [0.15, 0.2) is 18.3 Å². The number of nitrogen functional groups attached to an aromatic ring is 1. The number of ether oxygens (including phenoxy) is 1. The minimum absolute atomic E-state index is 0.0819. The van der Waals surface area contributed by atoms with Crippen LogP contribution in [0.1, 0.15) is 51.3 Å². The molecule has 4 rings (SSSR count). The van der Waals surface area contributed by atoms with E-state index in [1.54, 1.807) is 0 Å². The molecular weight excluding hydrogens is 354 g/mol. The van der Waals surface area contributed by atoms with Crippen molar-refractivity contribution in [3.63, 3.8) is 0 Å². The lowest BCUT2D eigenvalue weighted by Gasteiger charge is -2.20. The summed E-state index contributed by atoms with van der Waals surface area (Å²) in [4.78, 5) is 3.97. The molecule has 0 amide bonds. The second-order valence-electron chi connectivity index (χ2n) is 8.24. The molecule has 2 fully saturated rings. The van der Waals surface area contributed by atoms with E-state index < -0.39 is 12.2 Å². The van der Waals surface area contributed by atoms with Gasteiger partial charge in [0.1, 0.15) is 0 Å². The van der Waals surface area contributed by atoms with Gasteiger partial charge in [-0.15, -0.1) is 0 Å². The minimum atomic E-state index is -2.97. The van der Waals surface area contributed by atoms with Gasteiger partial charge in [0.05, 0.1) is 11.3 Å². The van der Waals surface area contributed by atoms with Gasteiger partial charge in [-0.25, -0.2) is 4.98 Å². The third kappa shape index (κ3) is 3.26. The van der Waals surface area contributed by atoms with Crippen molar-refractivity contribution in [3.05, 3.63) is 24.0 Å². The Labute approximate surface area is 156 Å². The SMILES string of the molecule is CC(C)n1nc(-c2cnc(N)c(OC(F)F)c2)cc1[C@H]1[C@@H]2CC(C)(O)C[C@@H]21. The second kappa shape index (κ2) is 6.15. The van der Waals surface area contributed by atoms with Crippen LogP contribution in [-0.4, -0.2) is 32.1 Å². The van der Waals surface area contributed by atoms with Crippen molar-refractivity contribution in [1.29, 1.82) is 0 Å². The first-order valence-corrected chi connectivity index (χ1v) is 9.19. The van der Waals surface area contributed by atoms with Crippen LogP contribution in [0.25, 0.3) is 11.3 Å². The van der Waals surface area contributed by atoms with Gasteiger partial charge in [0.2, 0.25) is 0 Å². The van der Waals surface area contributed by atoms with Crippen LogP contribution < -0.4 is 10.5 Å². The van der Waals surface area contributed by atoms with Gasteiger partial charge in [-0.1, -0.05) is 0 Å². The average molecular weight is 378 g/mol. The highest BCUT2D eigenvalue weighted by Crippen LogP contribution is 2.66. The molecule has 0 spiro atoms. The summed E-state index contributed by atoms with van der Waals surface area (Å²) >= 11 is 0. The minimum Gasteiger partial charge on any atom is -0.431 e. The van der Waals surface area contributed by atoms with Gasteiger partial charge in [-0.2, -0.15) is 13.9 Å². The molecule has 2 heterocycles. The van der Waals surface area contributed by atoms with E-state index in [2.05, 4.69) is 28.7 Å². The Morgan fingerprint density at radius 2 is 1.96 bits per heavy atom. The van der Waals surface area contributed by atoms with Crippen LogP contribution in [-0.2, 0) is 0 Å². The van der Waals surface area contributed by atoms with Crippen LogP contribution in [0.4, 0.5) is 14.6 Å². The molecule has 1 unspecified atom stereocenters. The number of anilines is 1. The van der Waals surface area contributed by atoms with Gasteiger partial charge in [-0.3, -0.25) is 4.68 Å². The zero-order valence-corrected chi connectivity index (χ0v) is 15.6. The maximum atomic E-state index is 12.6. The number of hydrogen-bond acceptors (Lipinski definition) is 5. The molecule has 0 saturated heterocycles. The molecule has 4 atom stereocenters. The lowest BCUT2D eigenvalue weighted by Crippen LogP contribution is -2.22. The summed E-state index contributed by atoms with van der Waals surface area (Å²) in [5.74, 6) is 1.10. The van der Waals surface area contributed by atoms with E-state index >= 15 is 0 Å². The summed E-state index contributed by atoms with van der Waals surface area (Å²) in [7, 11) is 0. The molecule has 146 valence electrons. The number of nitrogens with two attached hydrogens (primary N) is 1. The molecule has 0 aromatic carbocycles. The summed E-state index contributed by atoms with van der Waals surface area (Å²) in [6.07, 6.45) is 3.12. The van der Waals surface area contributed by atoms with Crippen molar-refractivity contribution in [2.75, 3.05) is 5.73 Å². The van der Waals surface area contributed by atoms with Gasteiger partial charge in [0, 0.05) is 29.4 Å². The first kappa shape index (κ1) is 18.2. The summed E-state index contributed by atoms with van der Waals surface area (Å²) < 4.78 is 31.6. The molecule has 0 bridgehead atoms. The maximum absolute atomic E-state index is 12.6. The number of aromatic nitrogens is 3. The Bertz CT molecular complexity index is 851. The quantitative estimate of drug-likeness (QED) is 0.830. The van der Waals surface area contributed by atoms with Crippen molar-refractivity contribution in [1.82, 2.24) is 14.8 Å². The summed E-state index contributed by atoms with van der Waals surface area (Å²) in [5, 5.41) is 14.9. The molecule has 8 heteroatoms. The molecule has 6 nitrogen and oxygen atoms in total. The first-order chi connectivity index (χ1) is 12.7. The molecule has 0 radical (unpaired) electrons. The number of pyridine rings is 1. The molecule has 3 N–H and O–H groups in total. The summed E-state index contributed by atoms with van der Waals surface area (Å²) in [5.41, 5.74) is 7.42. The van der Waals surface area contributed by atoms with Crippen LogP contribution >= 0.6 is 0 Å². The van der Waals surface area contributed by atoms with Crippen molar-refractivity contribution < 1.29 is 18.6 Å². The summed E-state index contributed by atoms with van der Waals surface area (Å²) in [6, 6.07) is 3.61. The van der Waals surface area contributed by atoms with Crippen LogP contribution in [0.3, 0.4) is 0 Å². The number of rotatable bonds is 5. The number of halogens is 2. The van der Waals surface area contributed by atoms with E-state index in [1.807, 2.05) is 17.7 Å². The number of hydrogen-bond donors (Lipinski definition) is 2. The zero-order chi connectivity index (χ0) is 19.5. The fourth-order valence-electron chi connectivity index (χ4n) is 4.54. The summed E-state index contributed by atoms with van der Waals surface area (Å²) in [6.45, 7) is 3.04. The van der Waals surface area contributed by atoms with Crippen molar-refractivity contribution in [3.8, 4) is 17.0 Å². The molecule has 27 heavy (non-hydrogen) atoms. The lowest BCUT2D eigenvalue weighted by molar-refractivity contribution is -0.0494. The van der Waals surface area contributed by atoms with Gasteiger partial charge >= 0.3 is 6.61 Å². The van der Waals surface area contributed by atoms with Crippen molar-refractivity contribution in [2.45, 2.75) is 57.8 Å². The lowest BCUT2D eigenvalue weighted by atomic mass is 9.95. The predicted molar refractivity (Wildman–Crippen MR) is 96.5 cm³/mol. The highest BCUT2D eigenvalue weighted by Gasteiger charge is 2.61. The van der Waals surface area contributed by atoms with E-state index in [-0.39, 0.29) is 17.6 Å². The highest BCUT2D eigenvalue weighted by molar-refractivity contribution is 5.64. The molecule has 2 aliphatic carbocycles. The first-order valence-electron chi connectivity index (χ1n) is 9.19.